The van der Waals surface area contributed by atoms with Crippen LogP contribution in [0, 0.1) is 0 Å². The number of ether oxygens (including phenoxy) is 1. The minimum absolute atomic E-state index is 0.597. The second-order valence-corrected chi connectivity index (χ2v) is 6.86. The van der Waals surface area contributed by atoms with E-state index in [1.54, 1.807) is 0 Å². The predicted molar refractivity (Wildman–Crippen MR) is 109 cm³/mol. The summed E-state index contributed by atoms with van der Waals surface area (Å²) in [5.41, 5.74) is 2.16. The molecular formula is C18H20BrClN2OS. The Hall–Kier alpha value is -1.30. The van der Waals surface area contributed by atoms with Crippen LogP contribution in [0.15, 0.2) is 46.9 Å². The number of benzene rings is 2. The molecule has 0 atom stereocenters. The van der Waals surface area contributed by atoms with Crippen LogP contribution < -0.4 is 15.4 Å². The van der Waals surface area contributed by atoms with Crippen molar-refractivity contribution in [3.63, 3.8) is 0 Å². The molecular weight excluding hydrogens is 408 g/mol. The fourth-order valence-corrected chi connectivity index (χ4v) is 2.81. The number of halogens is 2. The molecule has 0 saturated carbocycles. The Morgan fingerprint density at radius 3 is 2.62 bits per heavy atom. The Morgan fingerprint density at radius 2 is 1.96 bits per heavy atom. The van der Waals surface area contributed by atoms with Gasteiger partial charge in [0.05, 0.1) is 11.6 Å². The summed E-state index contributed by atoms with van der Waals surface area (Å²) >= 11 is 14.7. The molecule has 3 nitrogen and oxygen atoms in total. The van der Waals surface area contributed by atoms with E-state index in [2.05, 4.69) is 38.7 Å². The third-order valence-electron chi connectivity index (χ3n) is 3.34. The van der Waals surface area contributed by atoms with Gasteiger partial charge in [0.2, 0.25) is 0 Å². The quantitative estimate of drug-likeness (QED) is 0.456. The normalized spacial score (nSPS) is 10.3. The van der Waals surface area contributed by atoms with Gasteiger partial charge >= 0.3 is 0 Å². The largest absolute Gasteiger partial charge is 0.494 e. The molecule has 6 heteroatoms. The van der Waals surface area contributed by atoms with E-state index in [0.717, 1.165) is 35.3 Å². The van der Waals surface area contributed by atoms with Crippen LogP contribution in [0.25, 0.3) is 0 Å². The average Bonchev–Trinajstić information content (AvgIpc) is 2.57. The van der Waals surface area contributed by atoms with E-state index in [1.807, 2.05) is 37.3 Å². The average molecular weight is 428 g/mol. The van der Waals surface area contributed by atoms with Crippen LogP contribution in [0.3, 0.4) is 0 Å². The van der Waals surface area contributed by atoms with E-state index < -0.39 is 0 Å². The Balaban J connectivity index is 1.69. The molecule has 0 saturated heterocycles. The predicted octanol–water partition coefficient (Wildman–Crippen LogP) is 5.42. The monoisotopic (exact) mass is 426 g/mol. The van der Waals surface area contributed by atoms with Crippen molar-refractivity contribution in [3.05, 3.63) is 57.5 Å². The van der Waals surface area contributed by atoms with Crippen molar-refractivity contribution in [1.82, 2.24) is 5.32 Å². The third kappa shape index (κ3) is 6.30. The molecule has 2 rings (SSSR count). The highest BCUT2D eigenvalue weighted by Crippen LogP contribution is 2.25. The molecule has 128 valence electrons. The Kier molecular flexibility index (Phi) is 7.82. The maximum atomic E-state index is 6.06. The van der Waals surface area contributed by atoms with E-state index >= 15 is 0 Å². The first-order valence-electron chi connectivity index (χ1n) is 7.80. The SMILES string of the molecule is CCOc1ccc(CCCNC(=S)Nc2ccc(Br)c(Cl)c2)cc1. The van der Waals surface area contributed by atoms with Gasteiger partial charge in [-0.1, -0.05) is 23.7 Å². The fraction of sp³-hybridized carbons (Fsp3) is 0.278. The standard InChI is InChI=1S/C18H20BrClN2OS/c1-2-23-15-8-5-13(6-9-15)4-3-11-21-18(24)22-14-7-10-16(19)17(20)12-14/h5-10,12H,2-4,11H2,1H3,(H2,21,22,24). The molecule has 0 unspecified atom stereocenters. The van der Waals surface area contributed by atoms with Crippen molar-refractivity contribution in [2.45, 2.75) is 19.8 Å². The summed E-state index contributed by atoms with van der Waals surface area (Å²) in [7, 11) is 0. The second-order valence-electron chi connectivity index (χ2n) is 5.19. The van der Waals surface area contributed by atoms with Crippen molar-refractivity contribution >= 4 is 50.5 Å². The first-order chi connectivity index (χ1) is 11.6. The molecule has 0 spiro atoms. The van der Waals surface area contributed by atoms with Crippen LogP contribution >= 0.6 is 39.7 Å². The summed E-state index contributed by atoms with van der Waals surface area (Å²) in [6.07, 6.45) is 1.99. The highest BCUT2D eigenvalue weighted by atomic mass is 79.9. The van der Waals surface area contributed by atoms with E-state index in [9.17, 15) is 0 Å². The Labute approximate surface area is 161 Å². The van der Waals surface area contributed by atoms with Gasteiger partial charge in [0, 0.05) is 16.7 Å². The van der Waals surface area contributed by atoms with Crippen molar-refractivity contribution in [2.24, 2.45) is 0 Å². The van der Waals surface area contributed by atoms with Crippen LogP contribution in [0.5, 0.6) is 5.75 Å². The minimum Gasteiger partial charge on any atom is -0.494 e. The number of hydrogen-bond acceptors (Lipinski definition) is 2. The lowest BCUT2D eigenvalue weighted by Crippen LogP contribution is -2.29. The van der Waals surface area contributed by atoms with Gasteiger partial charge in [-0.3, -0.25) is 0 Å². The van der Waals surface area contributed by atoms with Crippen molar-refractivity contribution in [3.8, 4) is 5.75 Å². The van der Waals surface area contributed by atoms with Crippen molar-refractivity contribution in [1.29, 1.82) is 0 Å². The second kappa shape index (κ2) is 9.87. The topological polar surface area (TPSA) is 33.3 Å². The highest BCUT2D eigenvalue weighted by Gasteiger charge is 2.01. The third-order valence-corrected chi connectivity index (χ3v) is 4.82. The first kappa shape index (κ1) is 19.0. The molecule has 0 amide bonds. The Bertz CT molecular complexity index is 679. The smallest absolute Gasteiger partial charge is 0.170 e. The molecule has 0 bridgehead atoms. The summed E-state index contributed by atoms with van der Waals surface area (Å²) < 4.78 is 6.30. The molecule has 2 N–H and O–H groups in total. The minimum atomic E-state index is 0.597. The van der Waals surface area contributed by atoms with Gasteiger partial charge in [-0.05, 0) is 83.8 Å². The molecule has 2 aromatic carbocycles. The molecule has 0 aliphatic carbocycles. The summed E-state index contributed by atoms with van der Waals surface area (Å²) in [6.45, 7) is 3.49. The van der Waals surface area contributed by atoms with E-state index in [1.165, 1.54) is 5.56 Å². The molecule has 0 radical (unpaired) electrons. The Morgan fingerprint density at radius 1 is 1.21 bits per heavy atom. The van der Waals surface area contributed by atoms with Crippen molar-refractivity contribution < 1.29 is 4.74 Å². The summed E-state index contributed by atoms with van der Waals surface area (Å²) in [4.78, 5) is 0. The van der Waals surface area contributed by atoms with Gasteiger partial charge in [-0.15, -0.1) is 0 Å². The van der Waals surface area contributed by atoms with Gasteiger partial charge in [0.25, 0.3) is 0 Å². The maximum Gasteiger partial charge on any atom is 0.170 e. The molecule has 0 aliphatic rings. The molecule has 0 aliphatic heterocycles. The number of thiocarbonyl (C=S) groups is 1. The van der Waals surface area contributed by atoms with Gasteiger partial charge in [0.1, 0.15) is 5.75 Å². The molecule has 24 heavy (non-hydrogen) atoms. The van der Waals surface area contributed by atoms with Crippen LogP contribution in [-0.2, 0) is 6.42 Å². The van der Waals surface area contributed by atoms with Crippen LogP contribution in [0.2, 0.25) is 5.02 Å². The molecule has 0 fully saturated rings. The van der Waals surface area contributed by atoms with Gasteiger partial charge in [0.15, 0.2) is 5.11 Å². The maximum absolute atomic E-state index is 6.06. The van der Waals surface area contributed by atoms with Crippen LogP contribution in [-0.4, -0.2) is 18.3 Å². The highest BCUT2D eigenvalue weighted by molar-refractivity contribution is 9.10. The van der Waals surface area contributed by atoms with Gasteiger partial charge in [-0.25, -0.2) is 0 Å². The van der Waals surface area contributed by atoms with Gasteiger partial charge < -0.3 is 15.4 Å². The lowest BCUT2D eigenvalue weighted by molar-refractivity contribution is 0.340. The zero-order valence-electron chi connectivity index (χ0n) is 13.4. The number of rotatable bonds is 7. The summed E-state index contributed by atoms with van der Waals surface area (Å²) in [5.74, 6) is 0.915. The molecule has 0 heterocycles. The fourth-order valence-electron chi connectivity index (χ4n) is 2.16. The van der Waals surface area contributed by atoms with E-state index in [-0.39, 0.29) is 0 Å². The van der Waals surface area contributed by atoms with Crippen LogP contribution in [0.4, 0.5) is 5.69 Å². The van der Waals surface area contributed by atoms with Crippen LogP contribution in [0.1, 0.15) is 18.9 Å². The molecule has 2 aromatic rings. The lowest BCUT2D eigenvalue weighted by atomic mass is 10.1. The first-order valence-corrected chi connectivity index (χ1v) is 9.38. The molecule has 0 aromatic heterocycles. The number of aryl methyl sites for hydroxylation is 1. The van der Waals surface area contributed by atoms with E-state index in [0.29, 0.717) is 16.7 Å². The van der Waals surface area contributed by atoms with Gasteiger partial charge in [-0.2, -0.15) is 0 Å². The van der Waals surface area contributed by atoms with E-state index in [4.69, 9.17) is 28.6 Å². The number of nitrogens with one attached hydrogen (secondary N) is 2. The summed E-state index contributed by atoms with van der Waals surface area (Å²) in [6, 6.07) is 13.9. The van der Waals surface area contributed by atoms with Crippen molar-refractivity contribution in [2.75, 3.05) is 18.5 Å². The lowest BCUT2D eigenvalue weighted by Gasteiger charge is -2.11. The number of hydrogen-bond donors (Lipinski definition) is 2. The number of anilines is 1. The summed E-state index contributed by atoms with van der Waals surface area (Å²) in [5, 5.41) is 7.59. The zero-order chi connectivity index (χ0) is 17.4. The zero-order valence-corrected chi connectivity index (χ0v) is 16.6.